The Morgan fingerprint density at radius 1 is 1.10 bits per heavy atom. The van der Waals surface area contributed by atoms with Gasteiger partial charge in [-0.05, 0) is 23.8 Å². The van der Waals surface area contributed by atoms with E-state index in [0.29, 0.717) is 5.82 Å². The van der Waals surface area contributed by atoms with Gasteiger partial charge in [0.15, 0.2) is 0 Å². The predicted molar refractivity (Wildman–Crippen MR) is 86.2 cm³/mol. The van der Waals surface area contributed by atoms with Gasteiger partial charge in [0.1, 0.15) is 17.3 Å². The number of hydrogen-bond acceptors (Lipinski definition) is 2. The molecule has 1 heterocycles. The van der Waals surface area contributed by atoms with Crippen molar-refractivity contribution < 1.29 is 4.39 Å². The van der Waals surface area contributed by atoms with Crippen LogP contribution in [0.3, 0.4) is 0 Å². The highest BCUT2D eigenvalue weighted by molar-refractivity contribution is 9.10. The second kappa shape index (κ2) is 5.33. The first-order valence-electron chi connectivity index (χ1n) is 6.41. The van der Waals surface area contributed by atoms with Gasteiger partial charge in [-0.25, -0.2) is 4.39 Å². The number of benzene rings is 2. The molecule has 106 valence electrons. The van der Waals surface area contributed by atoms with Crippen LogP contribution in [0.5, 0.6) is 0 Å². The molecule has 0 unspecified atom stereocenters. The highest BCUT2D eigenvalue weighted by Gasteiger charge is 2.18. The molecule has 2 aromatic carbocycles. The summed E-state index contributed by atoms with van der Waals surface area (Å²) >= 11 is 3.54. The van der Waals surface area contributed by atoms with E-state index in [1.165, 1.54) is 12.1 Å². The molecule has 0 fully saturated rings. The molecule has 0 aliphatic carbocycles. The third-order valence-corrected chi connectivity index (χ3v) is 4.04. The van der Waals surface area contributed by atoms with E-state index in [0.717, 1.165) is 26.9 Å². The van der Waals surface area contributed by atoms with Gasteiger partial charge in [-0.3, -0.25) is 4.68 Å². The Hall–Kier alpha value is -2.14. The summed E-state index contributed by atoms with van der Waals surface area (Å²) < 4.78 is 15.7. The number of nitrogen functional groups attached to an aromatic ring is 1. The summed E-state index contributed by atoms with van der Waals surface area (Å²) in [4.78, 5) is 0. The van der Waals surface area contributed by atoms with E-state index in [1.807, 2.05) is 24.3 Å². The lowest BCUT2D eigenvalue weighted by Crippen LogP contribution is -1.97. The molecule has 3 nitrogen and oxygen atoms in total. The molecule has 0 atom stereocenters. The van der Waals surface area contributed by atoms with Crippen LogP contribution in [0.2, 0.25) is 0 Å². The Balaban J connectivity index is 2.26. The summed E-state index contributed by atoms with van der Waals surface area (Å²) in [6, 6.07) is 14.1. The van der Waals surface area contributed by atoms with Crippen molar-refractivity contribution in [3.63, 3.8) is 0 Å². The van der Waals surface area contributed by atoms with E-state index in [4.69, 9.17) is 5.73 Å². The highest BCUT2D eigenvalue weighted by Crippen LogP contribution is 2.38. The molecule has 0 amide bonds. The minimum absolute atomic E-state index is 0.274. The Kier molecular flexibility index (Phi) is 3.51. The van der Waals surface area contributed by atoms with Crippen molar-refractivity contribution >= 4 is 21.7 Å². The van der Waals surface area contributed by atoms with E-state index in [1.54, 1.807) is 23.9 Å². The molecule has 0 radical (unpaired) electrons. The fraction of sp³-hybridized carbons (Fsp3) is 0.0625. The van der Waals surface area contributed by atoms with Gasteiger partial charge in [0.25, 0.3) is 0 Å². The van der Waals surface area contributed by atoms with Gasteiger partial charge in [-0.2, -0.15) is 5.10 Å². The third kappa shape index (κ3) is 2.45. The second-order valence-electron chi connectivity index (χ2n) is 4.72. The molecule has 1 aromatic heterocycles. The number of aryl methyl sites for hydroxylation is 1. The minimum atomic E-state index is -0.274. The van der Waals surface area contributed by atoms with Crippen molar-refractivity contribution in [1.82, 2.24) is 9.78 Å². The van der Waals surface area contributed by atoms with Gasteiger partial charge in [0, 0.05) is 17.1 Å². The summed E-state index contributed by atoms with van der Waals surface area (Å²) in [5.41, 5.74) is 9.52. The molecular formula is C16H13BrFN3. The molecule has 3 aromatic rings. The molecule has 0 saturated carbocycles. The maximum absolute atomic E-state index is 13.1. The van der Waals surface area contributed by atoms with Crippen LogP contribution in [0.4, 0.5) is 10.2 Å². The lowest BCUT2D eigenvalue weighted by molar-refractivity contribution is 0.628. The lowest BCUT2D eigenvalue weighted by atomic mass is 10.0. The maximum Gasteiger partial charge on any atom is 0.129 e. The first kappa shape index (κ1) is 13.8. The van der Waals surface area contributed by atoms with Crippen molar-refractivity contribution in [3.05, 3.63) is 58.8 Å². The number of aromatic nitrogens is 2. The van der Waals surface area contributed by atoms with Gasteiger partial charge in [0.2, 0.25) is 0 Å². The second-order valence-corrected chi connectivity index (χ2v) is 5.57. The van der Waals surface area contributed by atoms with Crippen LogP contribution in [0.15, 0.2) is 53.0 Å². The summed E-state index contributed by atoms with van der Waals surface area (Å²) in [6.45, 7) is 0. The van der Waals surface area contributed by atoms with E-state index in [-0.39, 0.29) is 5.82 Å². The Labute approximate surface area is 130 Å². The average molecular weight is 346 g/mol. The Bertz CT molecular complexity index is 794. The summed E-state index contributed by atoms with van der Waals surface area (Å²) in [6.07, 6.45) is 0. The van der Waals surface area contributed by atoms with Crippen molar-refractivity contribution in [3.8, 4) is 22.4 Å². The molecule has 0 aliphatic heterocycles. The molecule has 2 N–H and O–H groups in total. The minimum Gasteiger partial charge on any atom is -0.383 e. The normalized spacial score (nSPS) is 10.8. The molecule has 5 heteroatoms. The quantitative estimate of drug-likeness (QED) is 0.754. The monoisotopic (exact) mass is 345 g/mol. The largest absolute Gasteiger partial charge is 0.383 e. The van der Waals surface area contributed by atoms with Gasteiger partial charge < -0.3 is 5.73 Å². The SMILES string of the molecule is Cn1nc(-c2ccccc2Br)c(-c2ccc(F)cc2)c1N. The van der Waals surface area contributed by atoms with E-state index in [2.05, 4.69) is 21.0 Å². The Morgan fingerprint density at radius 2 is 1.76 bits per heavy atom. The van der Waals surface area contributed by atoms with Crippen LogP contribution < -0.4 is 5.73 Å². The van der Waals surface area contributed by atoms with Crippen molar-refractivity contribution in [2.24, 2.45) is 7.05 Å². The van der Waals surface area contributed by atoms with Gasteiger partial charge in [-0.1, -0.05) is 46.3 Å². The van der Waals surface area contributed by atoms with Crippen molar-refractivity contribution in [2.75, 3.05) is 5.73 Å². The topological polar surface area (TPSA) is 43.8 Å². The van der Waals surface area contributed by atoms with Gasteiger partial charge in [-0.15, -0.1) is 0 Å². The predicted octanol–water partition coefficient (Wildman–Crippen LogP) is 4.24. The van der Waals surface area contributed by atoms with E-state index < -0.39 is 0 Å². The molecular weight excluding hydrogens is 333 g/mol. The standard InChI is InChI=1S/C16H13BrFN3/c1-21-16(19)14(10-6-8-11(18)9-7-10)15(20-21)12-4-2-3-5-13(12)17/h2-9H,19H2,1H3. The Morgan fingerprint density at radius 3 is 2.43 bits per heavy atom. The zero-order valence-electron chi connectivity index (χ0n) is 11.3. The summed E-state index contributed by atoms with van der Waals surface area (Å²) in [7, 11) is 1.79. The number of anilines is 1. The molecule has 3 rings (SSSR count). The maximum atomic E-state index is 13.1. The zero-order chi connectivity index (χ0) is 15.0. The number of nitrogens with two attached hydrogens (primary N) is 1. The lowest BCUT2D eigenvalue weighted by Gasteiger charge is -2.06. The molecule has 0 spiro atoms. The van der Waals surface area contributed by atoms with Crippen molar-refractivity contribution in [1.29, 1.82) is 0 Å². The molecule has 0 aliphatic rings. The molecule has 21 heavy (non-hydrogen) atoms. The summed E-state index contributed by atoms with van der Waals surface area (Å²) in [5, 5.41) is 4.51. The fourth-order valence-corrected chi connectivity index (χ4v) is 2.75. The number of nitrogens with zero attached hydrogens (tertiary/aromatic N) is 2. The van der Waals surface area contributed by atoms with Gasteiger partial charge >= 0.3 is 0 Å². The number of rotatable bonds is 2. The first-order valence-corrected chi connectivity index (χ1v) is 7.20. The van der Waals surface area contributed by atoms with E-state index >= 15 is 0 Å². The van der Waals surface area contributed by atoms with Crippen LogP contribution in [0.1, 0.15) is 0 Å². The van der Waals surface area contributed by atoms with Gasteiger partial charge in [0.05, 0.1) is 5.56 Å². The van der Waals surface area contributed by atoms with Crippen LogP contribution in [0.25, 0.3) is 22.4 Å². The van der Waals surface area contributed by atoms with Crippen molar-refractivity contribution in [2.45, 2.75) is 0 Å². The van der Waals surface area contributed by atoms with E-state index in [9.17, 15) is 4.39 Å². The molecule has 0 bridgehead atoms. The third-order valence-electron chi connectivity index (χ3n) is 3.35. The van der Waals surface area contributed by atoms with Crippen LogP contribution in [-0.4, -0.2) is 9.78 Å². The zero-order valence-corrected chi connectivity index (χ0v) is 12.9. The van der Waals surface area contributed by atoms with Crippen LogP contribution in [0, 0.1) is 5.82 Å². The number of halogens is 2. The number of hydrogen-bond donors (Lipinski definition) is 1. The first-order chi connectivity index (χ1) is 10.1. The van der Waals surface area contributed by atoms with Crippen LogP contribution in [-0.2, 0) is 7.05 Å². The fourth-order valence-electron chi connectivity index (χ4n) is 2.28. The average Bonchev–Trinajstić information content (AvgIpc) is 2.76. The smallest absolute Gasteiger partial charge is 0.129 e. The van der Waals surface area contributed by atoms with Crippen LogP contribution >= 0.6 is 15.9 Å². The molecule has 0 saturated heterocycles. The summed E-state index contributed by atoms with van der Waals surface area (Å²) in [5.74, 6) is 0.274. The highest BCUT2D eigenvalue weighted by atomic mass is 79.9.